The number of hydrogen-bond acceptors (Lipinski definition) is 5. The average molecular weight is 318 g/mol. The highest BCUT2D eigenvalue weighted by Gasteiger charge is 2.14. The van der Waals surface area contributed by atoms with Crippen molar-refractivity contribution in [2.24, 2.45) is 0 Å². The zero-order valence-corrected chi connectivity index (χ0v) is 13.5. The summed E-state index contributed by atoms with van der Waals surface area (Å²) in [7, 11) is 0. The number of rotatable bonds is 4. The summed E-state index contributed by atoms with van der Waals surface area (Å²) in [6.45, 7) is 3.68. The normalized spacial score (nSPS) is 17.0. The van der Waals surface area contributed by atoms with Crippen molar-refractivity contribution < 1.29 is 0 Å². The van der Waals surface area contributed by atoms with Crippen molar-refractivity contribution in [3.05, 3.63) is 24.3 Å². The SMILES string of the molecule is c1ccc2c(c1)sc1nnc(SCCN3CCCCC3)n12. The number of hydrogen-bond donors (Lipinski definition) is 0. The van der Waals surface area contributed by atoms with Crippen molar-refractivity contribution >= 4 is 38.3 Å². The molecule has 21 heavy (non-hydrogen) atoms. The molecule has 3 aromatic rings. The van der Waals surface area contributed by atoms with Crippen LogP contribution in [-0.2, 0) is 0 Å². The van der Waals surface area contributed by atoms with Crippen molar-refractivity contribution in [2.45, 2.75) is 24.4 Å². The zero-order valence-electron chi connectivity index (χ0n) is 11.9. The fourth-order valence-corrected chi connectivity index (χ4v) is 4.87. The van der Waals surface area contributed by atoms with Crippen LogP contribution in [-0.4, -0.2) is 44.9 Å². The Hall–Kier alpha value is -1.11. The Balaban J connectivity index is 1.50. The molecule has 1 saturated heterocycles. The molecule has 4 nitrogen and oxygen atoms in total. The average Bonchev–Trinajstić information content (AvgIpc) is 3.08. The summed E-state index contributed by atoms with van der Waals surface area (Å²) < 4.78 is 3.47. The van der Waals surface area contributed by atoms with Crippen LogP contribution in [0.3, 0.4) is 0 Å². The third-order valence-corrected chi connectivity index (χ3v) is 5.92. The van der Waals surface area contributed by atoms with Gasteiger partial charge in [0.05, 0.1) is 10.2 Å². The predicted molar refractivity (Wildman–Crippen MR) is 89.4 cm³/mol. The van der Waals surface area contributed by atoms with E-state index in [4.69, 9.17) is 0 Å². The number of para-hydroxylation sites is 1. The van der Waals surface area contributed by atoms with E-state index in [1.165, 1.54) is 42.6 Å². The summed E-state index contributed by atoms with van der Waals surface area (Å²) in [6.07, 6.45) is 4.11. The quantitative estimate of drug-likeness (QED) is 0.689. The first-order valence-corrected chi connectivity index (χ1v) is 9.30. The van der Waals surface area contributed by atoms with Gasteiger partial charge in [0.15, 0.2) is 5.16 Å². The molecule has 0 aliphatic carbocycles. The second-order valence-electron chi connectivity index (χ2n) is 5.42. The van der Waals surface area contributed by atoms with Crippen LogP contribution in [0.15, 0.2) is 29.4 Å². The molecule has 4 rings (SSSR count). The van der Waals surface area contributed by atoms with Gasteiger partial charge < -0.3 is 4.90 Å². The molecule has 0 bridgehead atoms. The molecule has 1 aromatic carbocycles. The molecule has 0 N–H and O–H groups in total. The summed E-state index contributed by atoms with van der Waals surface area (Å²) >= 11 is 3.53. The molecule has 0 unspecified atom stereocenters. The third-order valence-electron chi connectivity index (χ3n) is 4.00. The second-order valence-corrected chi connectivity index (χ2v) is 7.49. The summed E-state index contributed by atoms with van der Waals surface area (Å²) in [5.41, 5.74) is 1.22. The molecule has 0 atom stereocenters. The molecular weight excluding hydrogens is 300 g/mol. The molecule has 0 radical (unpaired) electrons. The fraction of sp³-hybridized carbons (Fsp3) is 0.467. The third kappa shape index (κ3) is 2.67. The van der Waals surface area contributed by atoms with E-state index in [0.717, 1.165) is 22.4 Å². The lowest BCUT2D eigenvalue weighted by Gasteiger charge is -2.25. The Morgan fingerprint density at radius 3 is 2.86 bits per heavy atom. The summed E-state index contributed by atoms with van der Waals surface area (Å²) in [5, 5.41) is 9.70. The van der Waals surface area contributed by atoms with Crippen LogP contribution in [0.5, 0.6) is 0 Å². The Labute approximate surface area is 132 Å². The number of benzene rings is 1. The maximum atomic E-state index is 4.36. The number of aromatic nitrogens is 3. The van der Waals surface area contributed by atoms with Crippen LogP contribution in [0.2, 0.25) is 0 Å². The Kier molecular flexibility index (Phi) is 3.83. The van der Waals surface area contributed by atoms with Gasteiger partial charge in [-0.05, 0) is 38.1 Å². The van der Waals surface area contributed by atoms with E-state index >= 15 is 0 Å². The minimum absolute atomic E-state index is 0.997. The number of piperidine rings is 1. The van der Waals surface area contributed by atoms with Crippen LogP contribution in [0.4, 0.5) is 0 Å². The smallest absolute Gasteiger partial charge is 0.217 e. The van der Waals surface area contributed by atoms with Gasteiger partial charge >= 0.3 is 0 Å². The largest absolute Gasteiger partial charge is 0.303 e. The van der Waals surface area contributed by atoms with Crippen molar-refractivity contribution in [1.29, 1.82) is 0 Å². The highest BCUT2D eigenvalue weighted by molar-refractivity contribution is 7.99. The van der Waals surface area contributed by atoms with Gasteiger partial charge in [0, 0.05) is 12.3 Å². The Bertz CT molecular complexity index is 742. The molecule has 1 aliphatic heterocycles. The monoisotopic (exact) mass is 318 g/mol. The van der Waals surface area contributed by atoms with E-state index in [0.29, 0.717) is 0 Å². The molecule has 3 heterocycles. The maximum Gasteiger partial charge on any atom is 0.217 e. The number of fused-ring (bicyclic) bond motifs is 3. The van der Waals surface area contributed by atoms with Gasteiger partial charge in [-0.1, -0.05) is 41.7 Å². The molecule has 0 spiro atoms. The summed E-state index contributed by atoms with van der Waals surface area (Å²) in [4.78, 5) is 3.57. The molecule has 1 fully saturated rings. The Morgan fingerprint density at radius 2 is 1.95 bits per heavy atom. The fourth-order valence-electron chi connectivity index (χ4n) is 2.90. The highest BCUT2D eigenvalue weighted by atomic mass is 32.2. The number of thiazole rings is 1. The van der Waals surface area contributed by atoms with Gasteiger partial charge in [-0.2, -0.15) is 0 Å². The Morgan fingerprint density at radius 1 is 1.10 bits per heavy atom. The summed E-state index contributed by atoms with van der Waals surface area (Å²) in [6, 6.07) is 8.46. The molecule has 2 aromatic heterocycles. The standard InChI is InChI=1S/C15H18N4S2/c1-4-8-18(9-5-1)10-11-20-14-16-17-15-19(14)12-6-2-3-7-13(12)21-15/h2-3,6-7H,1,4-5,8-11H2. The molecule has 6 heteroatoms. The predicted octanol–water partition coefficient (Wildman–Crippen LogP) is 3.52. The van der Waals surface area contributed by atoms with Crippen LogP contribution in [0.25, 0.3) is 15.2 Å². The lowest BCUT2D eigenvalue weighted by Crippen LogP contribution is -2.31. The first-order valence-electron chi connectivity index (χ1n) is 7.50. The van der Waals surface area contributed by atoms with Crippen molar-refractivity contribution in [3.8, 4) is 0 Å². The topological polar surface area (TPSA) is 33.4 Å². The van der Waals surface area contributed by atoms with Crippen molar-refractivity contribution in [1.82, 2.24) is 19.5 Å². The van der Waals surface area contributed by atoms with E-state index in [-0.39, 0.29) is 0 Å². The van der Waals surface area contributed by atoms with E-state index in [1.807, 2.05) is 11.8 Å². The molecule has 110 valence electrons. The van der Waals surface area contributed by atoms with E-state index in [1.54, 1.807) is 11.3 Å². The van der Waals surface area contributed by atoms with Gasteiger partial charge in [0.25, 0.3) is 0 Å². The van der Waals surface area contributed by atoms with Gasteiger partial charge in [-0.15, -0.1) is 10.2 Å². The van der Waals surface area contributed by atoms with Crippen LogP contribution < -0.4 is 0 Å². The number of nitrogens with zero attached hydrogens (tertiary/aromatic N) is 4. The van der Waals surface area contributed by atoms with Gasteiger partial charge in [0.1, 0.15) is 0 Å². The maximum absolute atomic E-state index is 4.36. The first-order chi connectivity index (χ1) is 10.4. The van der Waals surface area contributed by atoms with E-state index < -0.39 is 0 Å². The lowest BCUT2D eigenvalue weighted by atomic mass is 10.1. The van der Waals surface area contributed by atoms with Gasteiger partial charge in [-0.25, -0.2) is 0 Å². The second kappa shape index (κ2) is 5.94. The lowest BCUT2D eigenvalue weighted by molar-refractivity contribution is 0.242. The number of likely N-dealkylation sites (tertiary alicyclic amines) is 1. The summed E-state index contributed by atoms with van der Waals surface area (Å²) in [5.74, 6) is 1.09. The highest BCUT2D eigenvalue weighted by Crippen LogP contribution is 2.29. The van der Waals surface area contributed by atoms with Crippen LogP contribution in [0, 0.1) is 0 Å². The first kappa shape index (κ1) is 13.5. The van der Waals surface area contributed by atoms with Crippen LogP contribution in [0.1, 0.15) is 19.3 Å². The van der Waals surface area contributed by atoms with Gasteiger partial charge in [0.2, 0.25) is 4.96 Å². The minimum atomic E-state index is 0.997. The molecule has 0 amide bonds. The van der Waals surface area contributed by atoms with Crippen molar-refractivity contribution in [2.75, 3.05) is 25.4 Å². The molecular formula is C15H18N4S2. The minimum Gasteiger partial charge on any atom is -0.303 e. The zero-order chi connectivity index (χ0) is 14.1. The van der Waals surface area contributed by atoms with Crippen molar-refractivity contribution in [3.63, 3.8) is 0 Å². The van der Waals surface area contributed by atoms with E-state index in [2.05, 4.69) is 43.8 Å². The molecule has 0 saturated carbocycles. The molecule has 1 aliphatic rings. The van der Waals surface area contributed by atoms with E-state index in [9.17, 15) is 0 Å². The number of thioether (sulfide) groups is 1. The van der Waals surface area contributed by atoms with Crippen LogP contribution >= 0.6 is 23.1 Å². The van der Waals surface area contributed by atoms with Gasteiger partial charge in [-0.3, -0.25) is 4.40 Å².